The van der Waals surface area contributed by atoms with Gasteiger partial charge in [0.05, 0.1) is 5.39 Å². The monoisotopic (exact) mass is 503 g/mol. The predicted octanol–water partition coefficient (Wildman–Crippen LogP) is 6.87. The van der Waals surface area contributed by atoms with Gasteiger partial charge in [0.15, 0.2) is 10.9 Å². The van der Waals surface area contributed by atoms with E-state index in [1.54, 1.807) is 18.2 Å². The van der Waals surface area contributed by atoms with Gasteiger partial charge in [-0.05, 0) is 55.0 Å². The molecule has 0 fully saturated rings. The number of thiazole rings is 1. The van der Waals surface area contributed by atoms with Gasteiger partial charge in [-0.15, -0.1) is 11.3 Å². The molecule has 1 amide bonds. The highest BCUT2D eigenvalue weighted by molar-refractivity contribution is 9.10. The number of carbonyl (C=O) groups excluding carboxylic acids is 1. The Bertz CT molecular complexity index is 1420. The Labute approximate surface area is 197 Å². The second-order valence-corrected chi connectivity index (χ2v) is 9.53. The maximum Gasteiger partial charge on any atom is 0.257 e. The minimum atomic E-state index is -0.216. The van der Waals surface area contributed by atoms with Crippen molar-refractivity contribution >= 4 is 49.2 Å². The van der Waals surface area contributed by atoms with E-state index in [0.29, 0.717) is 22.0 Å². The van der Waals surface area contributed by atoms with Gasteiger partial charge >= 0.3 is 0 Å². The van der Waals surface area contributed by atoms with Gasteiger partial charge in [-0.25, -0.2) is 4.98 Å². The first-order valence-electron chi connectivity index (χ1n) is 10.0. The van der Waals surface area contributed by atoms with Crippen LogP contribution in [0.5, 0.6) is 0 Å². The van der Waals surface area contributed by atoms with E-state index in [1.165, 1.54) is 22.5 Å². The minimum Gasteiger partial charge on any atom is -0.355 e. The van der Waals surface area contributed by atoms with Gasteiger partial charge in [0.1, 0.15) is 5.52 Å². The molecule has 0 aliphatic carbocycles. The van der Waals surface area contributed by atoms with Gasteiger partial charge < -0.3 is 4.52 Å². The molecule has 0 aliphatic rings. The van der Waals surface area contributed by atoms with Gasteiger partial charge in [-0.3, -0.25) is 10.1 Å². The van der Waals surface area contributed by atoms with Gasteiger partial charge in [0.2, 0.25) is 0 Å². The van der Waals surface area contributed by atoms with E-state index in [-0.39, 0.29) is 5.91 Å². The number of hydrogen-bond donors (Lipinski definition) is 1. The summed E-state index contributed by atoms with van der Waals surface area (Å²) in [4.78, 5) is 18.4. The smallest absolute Gasteiger partial charge is 0.257 e. The number of nitrogens with one attached hydrogen (secondary N) is 1. The zero-order chi connectivity index (χ0) is 22.1. The summed E-state index contributed by atoms with van der Waals surface area (Å²) in [6.07, 6.45) is 2.61. The van der Waals surface area contributed by atoms with Crippen LogP contribution in [0.25, 0.3) is 22.2 Å². The van der Waals surface area contributed by atoms with Crippen molar-refractivity contribution in [3.05, 3.63) is 99.0 Å². The minimum absolute atomic E-state index is 0.216. The quantitative estimate of drug-likeness (QED) is 0.284. The second-order valence-electron chi connectivity index (χ2n) is 7.50. The fraction of sp³-hybridized carbons (Fsp3) is 0.0800. The van der Waals surface area contributed by atoms with Crippen LogP contribution < -0.4 is 5.32 Å². The molecule has 0 aliphatic heterocycles. The molecule has 2 aromatic heterocycles. The molecule has 0 unspecified atom stereocenters. The Balaban J connectivity index is 1.35. The molecule has 7 heteroatoms. The van der Waals surface area contributed by atoms with Crippen LogP contribution in [0, 0.1) is 6.92 Å². The third-order valence-corrected chi connectivity index (χ3v) is 6.52. The molecule has 158 valence electrons. The molecule has 1 N–H and O–H groups in total. The molecular weight excluding hydrogens is 486 g/mol. The summed E-state index contributed by atoms with van der Waals surface area (Å²) in [6.45, 7) is 2.08. The average Bonchev–Trinajstić information content (AvgIpc) is 3.40. The number of halogens is 1. The lowest BCUT2D eigenvalue weighted by Gasteiger charge is -2.03. The summed E-state index contributed by atoms with van der Waals surface area (Å²) >= 11 is 4.92. The molecule has 0 radical (unpaired) electrons. The van der Waals surface area contributed by atoms with Gasteiger partial charge in [0.25, 0.3) is 5.91 Å². The van der Waals surface area contributed by atoms with E-state index < -0.39 is 0 Å². The zero-order valence-corrected chi connectivity index (χ0v) is 19.5. The molecule has 32 heavy (non-hydrogen) atoms. The molecule has 2 heterocycles. The van der Waals surface area contributed by atoms with Crippen molar-refractivity contribution in [2.45, 2.75) is 13.3 Å². The third-order valence-electron chi connectivity index (χ3n) is 5.08. The molecule has 0 bridgehead atoms. The standard InChI is InChI=1S/C25H18BrN3O2S/c1-15-3-2-4-16(11-15)12-20-14-27-25(32-20)28-24(30)18-7-10-22-21(13-18)23(31-29-22)17-5-8-19(26)9-6-17/h2-11,13-14H,12H2,1H3,(H,27,28,30). The number of hydrogen-bond acceptors (Lipinski definition) is 5. The predicted molar refractivity (Wildman–Crippen MR) is 131 cm³/mol. The third kappa shape index (κ3) is 4.35. The first-order chi connectivity index (χ1) is 15.5. The van der Waals surface area contributed by atoms with Crippen LogP contribution in [0.2, 0.25) is 0 Å². The maximum atomic E-state index is 12.9. The van der Waals surface area contributed by atoms with Crippen LogP contribution in [-0.4, -0.2) is 16.0 Å². The first-order valence-corrected chi connectivity index (χ1v) is 11.6. The number of aryl methyl sites for hydroxylation is 1. The van der Waals surface area contributed by atoms with E-state index in [0.717, 1.165) is 26.7 Å². The lowest BCUT2D eigenvalue weighted by Crippen LogP contribution is -2.11. The second kappa shape index (κ2) is 8.68. The normalized spacial score (nSPS) is 11.1. The van der Waals surface area contributed by atoms with Crippen LogP contribution in [-0.2, 0) is 6.42 Å². The summed E-state index contributed by atoms with van der Waals surface area (Å²) in [6, 6.07) is 21.5. The summed E-state index contributed by atoms with van der Waals surface area (Å²) < 4.78 is 6.54. The summed E-state index contributed by atoms with van der Waals surface area (Å²) in [5.74, 6) is 0.420. The van der Waals surface area contributed by atoms with Crippen molar-refractivity contribution in [3.63, 3.8) is 0 Å². The van der Waals surface area contributed by atoms with Crippen LogP contribution in [0.4, 0.5) is 5.13 Å². The van der Waals surface area contributed by atoms with Crippen molar-refractivity contribution in [2.75, 3.05) is 5.32 Å². The number of carbonyl (C=O) groups is 1. The highest BCUT2D eigenvalue weighted by Crippen LogP contribution is 2.30. The summed E-state index contributed by atoms with van der Waals surface area (Å²) in [7, 11) is 0. The van der Waals surface area contributed by atoms with E-state index in [9.17, 15) is 4.79 Å². The zero-order valence-electron chi connectivity index (χ0n) is 17.1. The number of amides is 1. The SMILES string of the molecule is Cc1cccc(Cc2cnc(NC(=O)c3ccc4noc(-c5ccc(Br)cc5)c4c3)s2)c1. The number of nitrogens with zero attached hydrogens (tertiary/aromatic N) is 2. The van der Waals surface area contributed by atoms with Crippen molar-refractivity contribution in [1.29, 1.82) is 0 Å². The molecule has 0 spiro atoms. The molecule has 5 nitrogen and oxygen atoms in total. The van der Waals surface area contributed by atoms with E-state index in [1.807, 2.05) is 30.5 Å². The fourth-order valence-corrected chi connectivity index (χ4v) is 4.64. The largest absolute Gasteiger partial charge is 0.355 e. The number of fused-ring (bicyclic) bond motifs is 1. The Kier molecular flexibility index (Phi) is 5.59. The molecule has 0 atom stereocenters. The van der Waals surface area contributed by atoms with E-state index in [2.05, 4.69) is 62.6 Å². The number of anilines is 1. The molecule has 5 rings (SSSR count). The number of benzene rings is 3. The molecule has 3 aromatic carbocycles. The maximum absolute atomic E-state index is 12.9. The van der Waals surface area contributed by atoms with Gasteiger partial charge in [-0.1, -0.05) is 50.9 Å². The van der Waals surface area contributed by atoms with Crippen molar-refractivity contribution in [2.24, 2.45) is 0 Å². The Hall–Kier alpha value is -3.29. The summed E-state index contributed by atoms with van der Waals surface area (Å²) in [5.41, 5.74) is 4.58. The van der Waals surface area contributed by atoms with Crippen LogP contribution in [0.1, 0.15) is 26.4 Å². The van der Waals surface area contributed by atoms with E-state index in [4.69, 9.17) is 4.52 Å². The number of aromatic nitrogens is 2. The van der Waals surface area contributed by atoms with Crippen LogP contribution in [0.15, 0.2) is 81.9 Å². The number of rotatable bonds is 5. The topological polar surface area (TPSA) is 68.0 Å². The van der Waals surface area contributed by atoms with Crippen molar-refractivity contribution in [3.8, 4) is 11.3 Å². The Morgan fingerprint density at radius 1 is 1.09 bits per heavy atom. The van der Waals surface area contributed by atoms with Crippen LogP contribution >= 0.6 is 27.3 Å². The molecule has 5 aromatic rings. The highest BCUT2D eigenvalue weighted by atomic mass is 79.9. The Morgan fingerprint density at radius 2 is 1.94 bits per heavy atom. The first kappa shape index (κ1) is 20.6. The van der Waals surface area contributed by atoms with Gasteiger partial charge in [-0.2, -0.15) is 0 Å². The van der Waals surface area contributed by atoms with E-state index >= 15 is 0 Å². The lowest BCUT2D eigenvalue weighted by atomic mass is 10.1. The Morgan fingerprint density at radius 3 is 2.75 bits per heavy atom. The molecule has 0 saturated heterocycles. The fourth-order valence-electron chi connectivity index (χ4n) is 3.53. The molecular formula is C25H18BrN3O2S. The summed E-state index contributed by atoms with van der Waals surface area (Å²) in [5, 5.41) is 8.40. The lowest BCUT2D eigenvalue weighted by molar-refractivity contribution is 0.102. The van der Waals surface area contributed by atoms with Crippen LogP contribution in [0.3, 0.4) is 0 Å². The highest BCUT2D eigenvalue weighted by Gasteiger charge is 2.15. The van der Waals surface area contributed by atoms with Crippen molar-refractivity contribution in [1.82, 2.24) is 10.1 Å². The average molecular weight is 504 g/mol. The molecule has 0 saturated carbocycles. The van der Waals surface area contributed by atoms with Crippen molar-refractivity contribution < 1.29 is 9.32 Å². The van der Waals surface area contributed by atoms with Gasteiger partial charge in [0, 0.05) is 33.1 Å².